The molecule has 0 spiro atoms. The maximum atomic E-state index is 11.9. The lowest BCUT2D eigenvalue weighted by atomic mass is 10.1. The molecule has 0 fully saturated rings. The maximum absolute atomic E-state index is 11.9. The van der Waals surface area contributed by atoms with E-state index in [1.165, 1.54) is 0 Å². The van der Waals surface area contributed by atoms with Gasteiger partial charge in [0.2, 0.25) is 0 Å². The van der Waals surface area contributed by atoms with Crippen molar-refractivity contribution in [2.45, 2.75) is 119 Å². The molecule has 2 aromatic carbocycles. The molecule has 68 heavy (non-hydrogen) atoms. The summed E-state index contributed by atoms with van der Waals surface area (Å²) in [7, 11) is -8.84. The fourth-order valence-electron chi connectivity index (χ4n) is 5.97. The highest BCUT2D eigenvalue weighted by Crippen LogP contribution is 2.38. The first kappa shape index (κ1) is 62.0. The minimum Gasteiger partial charge on any atom is -0.756 e. The number of aliphatic hydroxyl groups excluding tert-OH is 2. The number of amides is 2. The zero-order valence-electron chi connectivity index (χ0n) is 40.0. The van der Waals surface area contributed by atoms with Gasteiger partial charge in [0.15, 0.2) is 13.6 Å². The lowest BCUT2D eigenvalue weighted by Crippen LogP contribution is -2.25. The first-order valence-corrected chi connectivity index (χ1v) is 25.3. The Kier molecular flexibility index (Phi) is 32.8. The number of benzene rings is 2. The highest BCUT2D eigenvalue weighted by atomic mass is 31.2. The van der Waals surface area contributed by atoms with Crippen LogP contribution in [0.15, 0.2) is 24.3 Å². The second-order valence-electron chi connectivity index (χ2n) is 15.1. The van der Waals surface area contributed by atoms with Gasteiger partial charge in [0.25, 0.3) is 15.6 Å². The summed E-state index contributed by atoms with van der Waals surface area (Å²) in [6, 6.07) is 7.18. The van der Waals surface area contributed by atoms with Crippen LogP contribution in [0.1, 0.15) is 111 Å². The van der Waals surface area contributed by atoms with Crippen LogP contribution in [-0.2, 0) is 69.0 Å². The maximum Gasteiger partial charge on any atom is 0.407 e. The molecule has 0 aromatic heterocycles. The number of carbonyl (C=O) groups is 4. The van der Waals surface area contributed by atoms with Crippen LogP contribution >= 0.6 is 15.6 Å². The topological polar surface area (TPSA) is 305 Å². The number of ether oxygens (including phenoxy) is 6. The molecule has 2 unspecified atom stereocenters. The minimum absolute atomic E-state index is 0.0281. The van der Waals surface area contributed by atoms with Crippen LogP contribution in [0.2, 0.25) is 0 Å². The van der Waals surface area contributed by atoms with E-state index in [4.69, 9.17) is 38.6 Å². The zero-order valence-corrected chi connectivity index (χ0v) is 41.8. The second-order valence-corrected chi connectivity index (χ2v) is 17.9. The van der Waals surface area contributed by atoms with E-state index in [0.29, 0.717) is 76.3 Å². The molecule has 2 amide bonds. The first-order valence-electron chi connectivity index (χ1n) is 22.4. The van der Waals surface area contributed by atoms with Crippen LogP contribution < -0.4 is 29.9 Å². The molecule has 4 N–H and O–H groups in total. The SMILES string of the molecule is CCCOCC(=O)Oc1c(C)cc(COC(=O)NCCCCCCOP(=O)([O-])OCO)cc1C.CCCOCC(=O)Oc1c(C)cc(COC(=O)NCCCCCCOP(=O)([O-])OCO)cc1C. The standard InChI is InChI=1S/2C22H36NO10P/c2*1-4-10-29-15-20(25)33-21-17(2)12-19(13-18(21)3)14-30-22(26)23-9-7-5-6-8-11-31-34(27,28)32-16-24/h2*12-13,24H,4-11,14-16H2,1-3H3,(H,23,26)(H,27,28)/p-2. The number of aryl methyl sites for hydroxylation is 4. The van der Waals surface area contributed by atoms with Crippen LogP contribution in [0.4, 0.5) is 9.59 Å². The fourth-order valence-corrected chi connectivity index (χ4v) is 7.10. The van der Waals surface area contributed by atoms with Crippen molar-refractivity contribution >= 4 is 39.8 Å². The molecule has 0 radical (unpaired) electrons. The summed E-state index contributed by atoms with van der Waals surface area (Å²) >= 11 is 0. The second kappa shape index (κ2) is 36.0. The molecule has 24 heteroatoms. The van der Waals surface area contributed by atoms with Crippen LogP contribution in [0.3, 0.4) is 0 Å². The Morgan fingerprint density at radius 3 is 1.19 bits per heavy atom. The molecule has 0 aliphatic heterocycles. The number of nitrogens with one attached hydrogen (secondary N) is 2. The average molecular weight is 1010 g/mol. The third-order valence-electron chi connectivity index (χ3n) is 8.96. The van der Waals surface area contributed by atoms with Crippen LogP contribution in [-0.4, -0.2) is 101 Å². The number of alkyl carbamates (subject to hydrolysis) is 2. The van der Waals surface area contributed by atoms with Gasteiger partial charge in [-0.15, -0.1) is 0 Å². The molecule has 2 atom stereocenters. The smallest absolute Gasteiger partial charge is 0.407 e. The molecule has 2 rings (SSSR count). The normalized spacial score (nSPS) is 12.7. The molecule has 22 nitrogen and oxygen atoms in total. The molecule has 0 bridgehead atoms. The summed E-state index contributed by atoms with van der Waals surface area (Å²) in [4.78, 5) is 69.7. The predicted octanol–water partition coefficient (Wildman–Crippen LogP) is 5.75. The van der Waals surface area contributed by atoms with Crippen molar-refractivity contribution in [1.82, 2.24) is 10.6 Å². The van der Waals surface area contributed by atoms with Gasteiger partial charge < -0.3 is 68.1 Å². The van der Waals surface area contributed by atoms with Gasteiger partial charge in [0.05, 0.1) is 13.2 Å². The Labute approximate surface area is 398 Å². The predicted molar refractivity (Wildman–Crippen MR) is 242 cm³/mol. The number of carbonyl (C=O) groups excluding carboxylic acids is 4. The molecule has 0 heterocycles. The highest BCUT2D eigenvalue weighted by molar-refractivity contribution is 7.46. The Hall–Kier alpha value is -4.02. The largest absolute Gasteiger partial charge is 0.756 e. The molecule has 388 valence electrons. The van der Waals surface area contributed by atoms with Gasteiger partial charge in [-0.1, -0.05) is 39.5 Å². The van der Waals surface area contributed by atoms with Crippen molar-refractivity contribution in [3.8, 4) is 11.5 Å². The number of phosphoric ester groups is 2. The average Bonchev–Trinajstić information content (AvgIpc) is 3.27. The first-order chi connectivity index (χ1) is 32.4. The number of esters is 2. The Balaban J connectivity index is 0.000000680. The van der Waals surface area contributed by atoms with Crippen LogP contribution in [0, 0.1) is 27.7 Å². The van der Waals surface area contributed by atoms with Crippen molar-refractivity contribution in [1.29, 1.82) is 0 Å². The van der Waals surface area contributed by atoms with E-state index in [9.17, 15) is 38.1 Å². The van der Waals surface area contributed by atoms with Gasteiger partial charge in [0.1, 0.15) is 37.9 Å². The van der Waals surface area contributed by atoms with E-state index in [1.807, 2.05) is 41.5 Å². The fraction of sp³-hybridized carbons (Fsp3) is 0.636. The van der Waals surface area contributed by atoms with Crippen molar-refractivity contribution in [3.63, 3.8) is 0 Å². The van der Waals surface area contributed by atoms with E-state index < -0.39 is 53.4 Å². The van der Waals surface area contributed by atoms with Crippen LogP contribution in [0.5, 0.6) is 11.5 Å². The van der Waals surface area contributed by atoms with Crippen LogP contribution in [0.25, 0.3) is 0 Å². The van der Waals surface area contributed by atoms with Crippen molar-refractivity contribution in [2.24, 2.45) is 0 Å². The quantitative estimate of drug-likeness (QED) is 0.0213. The summed E-state index contributed by atoms with van der Waals surface area (Å²) in [5, 5.41) is 22.1. The summed E-state index contributed by atoms with van der Waals surface area (Å²) in [5.41, 5.74) is 4.55. The van der Waals surface area contributed by atoms with Gasteiger partial charge in [-0.05, 0) is 124 Å². The van der Waals surface area contributed by atoms with E-state index in [0.717, 1.165) is 59.1 Å². The Bertz CT molecular complexity index is 1720. The molecule has 0 saturated carbocycles. The molecule has 0 aliphatic carbocycles. The van der Waals surface area contributed by atoms with Crippen molar-refractivity contribution < 1.29 is 94.8 Å². The van der Waals surface area contributed by atoms with Crippen molar-refractivity contribution in [2.75, 3.05) is 66.3 Å². The van der Waals surface area contributed by atoms with Crippen molar-refractivity contribution in [3.05, 3.63) is 57.6 Å². The molecular formula is C44H70N2O20P2-2. The molecule has 0 aliphatic rings. The van der Waals surface area contributed by atoms with Gasteiger partial charge in [-0.2, -0.15) is 0 Å². The van der Waals surface area contributed by atoms with Gasteiger partial charge in [0, 0.05) is 26.3 Å². The number of hydrogen-bond acceptors (Lipinski definition) is 20. The number of phosphoric acid groups is 2. The van der Waals surface area contributed by atoms with E-state index >= 15 is 0 Å². The third-order valence-corrected chi connectivity index (χ3v) is 10.8. The Morgan fingerprint density at radius 1 is 0.529 bits per heavy atom. The van der Waals surface area contributed by atoms with E-state index in [-0.39, 0.29) is 39.6 Å². The monoisotopic (exact) mass is 1010 g/mol. The number of rotatable bonds is 34. The van der Waals surface area contributed by atoms with Gasteiger partial charge in [-0.25, -0.2) is 19.2 Å². The van der Waals surface area contributed by atoms with E-state index in [2.05, 4.69) is 28.7 Å². The summed E-state index contributed by atoms with van der Waals surface area (Å²) in [6.07, 6.45) is 5.86. The van der Waals surface area contributed by atoms with Gasteiger partial charge in [-0.3, -0.25) is 18.2 Å². The van der Waals surface area contributed by atoms with E-state index in [1.54, 1.807) is 24.3 Å². The third kappa shape index (κ3) is 29.8. The molecule has 0 saturated heterocycles. The number of unbranched alkanes of at least 4 members (excludes halogenated alkanes) is 6. The number of hydrogen-bond donors (Lipinski definition) is 4. The lowest BCUT2D eigenvalue weighted by Gasteiger charge is -2.21. The summed E-state index contributed by atoms with van der Waals surface area (Å²) < 4.78 is 71.0. The van der Waals surface area contributed by atoms with Gasteiger partial charge >= 0.3 is 24.1 Å². The zero-order chi connectivity index (χ0) is 50.8. The molecule has 2 aromatic rings. The Morgan fingerprint density at radius 2 is 0.868 bits per heavy atom. The minimum atomic E-state index is -4.42. The summed E-state index contributed by atoms with van der Waals surface area (Å²) in [5.74, 6) is 0.0266. The summed E-state index contributed by atoms with van der Waals surface area (Å²) in [6.45, 7) is 11.0. The molecular weight excluding hydrogens is 938 g/mol. The highest BCUT2D eigenvalue weighted by Gasteiger charge is 2.15. The number of aliphatic hydroxyl groups is 2. The lowest BCUT2D eigenvalue weighted by molar-refractivity contribution is -0.232.